The van der Waals surface area contributed by atoms with E-state index in [-0.39, 0.29) is 0 Å². The maximum Gasteiger partial charge on any atom is 0.0629 e. The summed E-state index contributed by atoms with van der Waals surface area (Å²) in [6, 6.07) is 0. The van der Waals surface area contributed by atoms with E-state index in [0.717, 1.165) is 0 Å². The standard InChI is InChI=1S/C6H8ClN/c1-3-5(7)6(8)4-2/h3-4H,1-2,8H2/b6-5-. The molecular weight excluding hydrogens is 122 g/mol. The molecule has 44 valence electrons. The van der Waals surface area contributed by atoms with Crippen LogP contribution in [0, 0.1) is 0 Å². The molecule has 2 heteroatoms. The number of nitrogens with two attached hydrogens (primary N) is 1. The largest absolute Gasteiger partial charge is 0.398 e. The minimum Gasteiger partial charge on any atom is -0.398 e. The first-order valence-corrected chi connectivity index (χ1v) is 2.50. The molecule has 0 amide bonds. The fourth-order valence-corrected chi connectivity index (χ4v) is 0.293. The Hall–Kier alpha value is -0.690. The Bertz CT molecular complexity index is 119. The first-order valence-electron chi connectivity index (χ1n) is 2.12. The predicted octanol–water partition coefficient (Wildman–Crippen LogP) is 1.77. The minimum atomic E-state index is 0.444. The Balaban J connectivity index is 4.25. The van der Waals surface area contributed by atoms with Crippen molar-refractivity contribution in [2.75, 3.05) is 0 Å². The van der Waals surface area contributed by atoms with Gasteiger partial charge in [0.1, 0.15) is 0 Å². The lowest BCUT2D eigenvalue weighted by molar-refractivity contribution is 1.42. The van der Waals surface area contributed by atoms with E-state index in [4.69, 9.17) is 17.3 Å². The second kappa shape index (κ2) is 3.33. The Morgan fingerprint density at radius 2 is 1.88 bits per heavy atom. The van der Waals surface area contributed by atoms with Crippen molar-refractivity contribution in [3.63, 3.8) is 0 Å². The van der Waals surface area contributed by atoms with Crippen LogP contribution in [0.5, 0.6) is 0 Å². The zero-order valence-electron chi connectivity index (χ0n) is 4.52. The van der Waals surface area contributed by atoms with Crippen molar-refractivity contribution >= 4 is 11.6 Å². The van der Waals surface area contributed by atoms with Gasteiger partial charge in [0.15, 0.2) is 0 Å². The molecule has 0 aliphatic rings. The number of hydrogen-bond donors (Lipinski definition) is 1. The van der Waals surface area contributed by atoms with Crippen LogP contribution in [-0.2, 0) is 0 Å². The molecule has 0 spiro atoms. The third kappa shape index (κ3) is 1.85. The molecule has 0 atom stereocenters. The molecule has 0 aliphatic carbocycles. The molecule has 0 unspecified atom stereocenters. The second-order valence-corrected chi connectivity index (χ2v) is 1.62. The minimum absolute atomic E-state index is 0.444. The van der Waals surface area contributed by atoms with Gasteiger partial charge in [-0.3, -0.25) is 0 Å². The van der Waals surface area contributed by atoms with Gasteiger partial charge in [0.2, 0.25) is 0 Å². The van der Waals surface area contributed by atoms with Gasteiger partial charge >= 0.3 is 0 Å². The SMILES string of the molecule is C=C/C(N)=C(/Cl)C=C. The second-order valence-electron chi connectivity index (χ2n) is 1.21. The molecule has 0 heterocycles. The van der Waals surface area contributed by atoms with Gasteiger partial charge in [-0.25, -0.2) is 0 Å². The van der Waals surface area contributed by atoms with Crippen molar-refractivity contribution in [1.29, 1.82) is 0 Å². The van der Waals surface area contributed by atoms with Gasteiger partial charge in [-0.15, -0.1) is 0 Å². The molecule has 0 radical (unpaired) electrons. The topological polar surface area (TPSA) is 26.0 Å². The molecule has 0 aromatic carbocycles. The maximum absolute atomic E-state index is 5.48. The van der Waals surface area contributed by atoms with Gasteiger partial charge in [0, 0.05) is 5.70 Å². The highest BCUT2D eigenvalue weighted by Crippen LogP contribution is 2.04. The van der Waals surface area contributed by atoms with E-state index in [0.29, 0.717) is 10.7 Å². The molecule has 0 rings (SSSR count). The molecule has 2 N–H and O–H groups in total. The summed E-state index contributed by atoms with van der Waals surface area (Å²) >= 11 is 5.48. The van der Waals surface area contributed by atoms with Crippen molar-refractivity contribution in [1.82, 2.24) is 0 Å². The monoisotopic (exact) mass is 129 g/mol. The van der Waals surface area contributed by atoms with Crippen LogP contribution in [-0.4, -0.2) is 0 Å². The summed E-state index contributed by atoms with van der Waals surface area (Å²) in [4.78, 5) is 0. The molecule has 8 heavy (non-hydrogen) atoms. The highest BCUT2D eigenvalue weighted by atomic mass is 35.5. The van der Waals surface area contributed by atoms with Gasteiger partial charge in [-0.1, -0.05) is 24.8 Å². The van der Waals surface area contributed by atoms with Gasteiger partial charge in [0.25, 0.3) is 0 Å². The van der Waals surface area contributed by atoms with Crippen molar-refractivity contribution < 1.29 is 0 Å². The normalized spacial score (nSPS) is 12.1. The summed E-state index contributed by atoms with van der Waals surface area (Å²) in [5.74, 6) is 0. The van der Waals surface area contributed by atoms with Crippen molar-refractivity contribution in [2.24, 2.45) is 5.73 Å². The van der Waals surface area contributed by atoms with Gasteiger partial charge in [-0.2, -0.15) is 0 Å². The van der Waals surface area contributed by atoms with E-state index in [1.165, 1.54) is 12.2 Å². The first-order chi connectivity index (χ1) is 3.72. The zero-order chi connectivity index (χ0) is 6.57. The molecule has 0 bridgehead atoms. The van der Waals surface area contributed by atoms with E-state index in [2.05, 4.69) is 13.2 Å². The highest BCUT2D eigenvalue weighted by molar-refractivity contribution is 6.31. The van der Waals surface area contributed by atoms with Gasteiger partial charge in [-0.05, 0) is 12.2 Å². The van der Waals surface area contributed by atoms with Crippen molar-refractivity contribution in [3.8, 4) is 0 Å². The Morgan fingerprint density at radius 3 is 2.00 bits per heavy atom. The summed E-state index contributed by atoms with van der Waals surface area (Å²) in [6.07, 6.45) is 2.95. The molecule has 1 nitrogen and oxygen atoms in total. The van der Waals surface area contributed by atoms with Crippen molar-refractivity contribution in [3.05, 3.63) is 36.0 Å². The summed E-state index contributed by atoms with van der Waals surface area (Å²) in [6.45, 7) is 6.83. The van der Waals surface area contributed by atoms with Crippen LogP contribution in [0.25, 0.3) is 0 Å². The molecule has 0 aromatic rings. The molecule has 0 aliphatic heterocycles. The van der Waals surface area contributed by atoms with Crippen LogP contribution >= 0.6 is 11.6 Å². The molecule has 0 aromatic heterocycles. The summed E-state index contributed by atoms with van der Waals surface area (Å²) in [5, 5.41) is 0.444. The lowest BCUT2D eigenvalue weighted by Crippen LogP contribution is -1.92. The number of allylic oxidation sites excluding steroid dienone is 3. The smallest absolute Gasteiger partial charge is 0.0629 e. The molecular formula is C6H8ClN. The van der Waals surface area contributed by atoms with E-state index < -0.39 is 0 Å². The quantitative estimate of drug-likeness (QED) is 0.565. The number of hydrogen-bond acceptors (Lipinski definition) is 1. The lowest BCUT2D eigenvalue weighted by Gasteiger charge is -1.90. The van der Waals surface area contributed by atoms with Crippen LogP contribution in [0.15, 0.2) is 36.0 Å². The average molecular weight is 130 g/mol. The molecule has 0 fully saturated rings. The first kappa shape index (κ1) is 7.31. The predicted molar refractivity (Wildman–Crippen MR) is 37.5 cm³/mol. The van der Waals surface area contributed by atoms with Crippen LogP contribution in [0.3, 0.4) is 0 Å². The molecule has 0 saturated heterocycles. The maximum atomic E-state index is 5.48. The van der Waals surface area contributed by atoms with Crippen molar-refractivity contribution in [2.45, 2.75) is 0 Å². The third-order valence-electron chi connectivity index (χ3n) is 0.675. The van der Waals surface area contributed by atoms with Gasteiger partial charge < -0.3 is 5.73 Å². The Morgan fingerprint density at radius 1 is 1.38 bits per heavy atom. The summed E-state index contributed by atoms with van der Waals surface area (Å²) in [7, 11) is 0. The lowest BCUT2D eigenvalue weighted by atomic mass is 10.4. The van der Waals surface area contributed by atoms with Crippen LogP contribution in [0.4, 0.5) is 0 Å². The zero-order valence-corrected chi connectivity index (χ0v) is 5.28. The number of rotatable bonds is 2. The van der Waals surface area contributed by atoms with E-state index in [9.17, 15) is 0 Å². The Kier molecular flexibility index (Phi) is 3.04. The summed E-state index contributed by atoms with van der Waals surface area (Å²) in [5.41, 5.74) is 5.75. The van der Waals surface area contributed by atoms with Crippen LogP contribution in [0.2, 0.25) is 0 Å². The fraction of sp³-hybridized carbons (Fsp3) is 0. The van der Waals surface area contributed by atoms with E-state index >= 15 is 0 Å². The Labute approximate surface area is 54.1 Å². The van der Waals surface area contributed by atoms with Gasteiger partial charge in [0.05, 0.1) is 5.03 Å². The van der Waals surface area contributed by atoms with Crippen LogP contribution in [0.1, 0.15) is 0 Å². The highest BCUT2D eigenvalue weighted by Gasteiger charge is 1.86. The summed E-state index contributed by atoms with van der Waals surface area (Å²) < 4.78 is 0. The average Bonchev–Trinajstić information content (AvgIpc) is 1.84. The van der Waals surface area contributed by atoms with Crippen LogP contribution < -0.4 is 5.73 Å². The van der Waals surface area contributed by atoms with E-state index in [1.807, 2.05) is 0 Å². The van der Waals surface area contributed by atoms with E-state index in [1.54, 1.807) is 0 Å². The fourth-order valence-electron chi connectivity index (χ4n) is 0.215. The number of halogens is 1. The molecule has 0 saturated carbocycles. The third-order valence-corrected chi connectivity index (χ3v) is 1.05.